The van der Waals surface area contributed by atoms with Gasteiger partial charge in [0.15, 0.2) is 5.16 Å². The standard InChI is InChI=1S/C17H13Cl2FN4OS/c1-10-22-23-17(24(10)15-4-2-13(20)3-5-15)26-9-16(25)21-14-7-11(18)6-12(19)8-14/h2-8H,9H2,1H3,(H,21,25). The summed E-state index contributed by atoms with van der Waals surface area (Å²) in [6, 6.07) is 10.8. The Labute approximate surface area is 163 Å². The van der Waals surface area contributed by atoms with Crippen molar-refractivity contribution in [2.45, 2.75) is 12.1 Å². The Morgan fingerprint density at radius 1 is 1.15 bits per heavy atom. The maximum atomic E-state index is 13.1. The van der Waals surface area contributed by atoms with Gasteiger partial charge in [-0.25, -0.2) is 4.39 Å². The van der Waals surface area contributed by atoms with Crippen LogP contribution in [0.1, 0.15) is 5.82 Å². The van der Waals surface area contributed by atoms with Crippen molar-refractivity contribution < 1.29 is 9.18 Å². The quantitative estimate of drug-likeness (QED) is 0.616. The summed E-state index contributed by atoms with van der Waals surface area (Å²) in [7, 11) is 0. The van der Waals surface area contributed by atoms with Crippen LogP contribution in [0.2, 0.25) is 10.0 Å². The van der Waals surface area contributed by atoms with Gasteiger partial charge in [0.25, 0.3) is 0 Å². The number of nitrogens with one attached hydrogen (secondary N) is 1. The highest BCUT2D eigenvalue weighted by Crippen LogP contribution is 2.24. The summed E-state index contributed by atoms with van der Waals surface area (Å²) >= 11 is 13.1. The van der Waals surface area contributed by atoms with E-state index >= 15 is 0 Å². The second kappa shape index (κ2) is 8.07. The molecule has 0 saturated heterocycles. The predicted molar refractivity (Wildman–Crippen MR) is 102 cm³/mol. The molecule has 2 aromatic carbocycles. The molecular formula is C17H13Cl2FN4OS. The molecule has 1 amide bonds. The summed E-state index contributed by atoms with van der Waals surface area (Å²) in [4.78, 5) is 12.2. The van der Waals surface area contributed by atoms with Crippen LogP contribution in [0.5, 0.6) is 0 Å². The SMILES string of the molecule is Cc1nnc(SCC(=O)Nc2cc(Cl)cc(Cl)c2)n1-c1ccc(F)cc1. The number of thioether (sulfide) groups is 1. The highest BCUT2D eigenvalue weighted by molar-refractivity contribution is 7.99. The number of hydrogen-bond acceptors (Lipinski definition) is 4. The van der Waals surface area contributed by atoms with Gasteiger partial charge in [0.05, 0.1) is 5.75 Å². The lowest BCUT2D eigenvalue weighted by Gasteiger charge is -2.09. The lowest BCUT2D eigenvalue weighted by atomic mass is 10.3. The first kappa shape index (κ1) is 18.7. The first-order valence-corrected chi connectivity index (χ1v) is 9.23. The number of carbonyl (C=O) groups is 1. The lowest BCUT2D eigenvalue weighted by molar-refractivity contribution is -0.113. The van der Waals surface area contributed by atoms with E-state index in [1.54, 1.807) is 41.8 Å². The minimum atomic E-state index is -0.326. The summed E-state index contributed by atoms with van der Waals surface area (Å²) in [5, 5.41) is 12.3. The maximum Gasteiger partial charge on any atom is 0.234 e. The predicted octanol–water partition coefficient (Wildman–Crippen LogP) is 4.75. The fourth-order valence-electron chi connectivity index (χ4n) is 2.28. The van der Waals surface area contributed by atoms with Crippen LogP contribution in [0.3, 0.4) is 0 Å². The lowest BCUT2D eigenvalue weighted by Crippen LogP contribution is -2.14. The van der Waals surface area contributed by atoms with Gasteiger partial charge in [0, 0.05) is 21.4 Å². The monoisotopic (exact) mass is 410 g/mol. The van der Waals surface area contributed by atoms with Gasteiger partial charge in [-0.15, -0.1) is 10.2 Å². The minimum Gasteiger partial charge on any atom is -0.325 e. The third-order valence-electron chi connectivity index (χ3n) is 3.36. The Morgan fingerprint density at radius 2 is 1.81 bits per heavy atom. The summed E-state index contributed by atoms with van der Waals surface area (Å²) < 4.78 is 14.9. The molecule has 0 aliphatic rings. The normalized spacial score (nSPS) is 10.8. The zero-order valence-electron chi connectivity index (χ0n) is 13.5. The van der Waals surface area contributed by atoms with E-state index in [1.165, 1.54) is 23.9 Å². The van der Waals surface area contributed by atoms with E-state index in [1.807, 2.05) is 0 Å². The molecule has 3 aromatic rings. The second-order valence-corrected chi connectivity index (χ2v) is 7.15. The van der Waals surface area contributed by atoms with Crippen LogP contribution in [-0.2, 0) is 4.79 Å². The molecule has 1 N–H and O–H groups in total. The number of hydrogen-bond donors (Lipinski definition) is 1. The van der Waals surface area contributed by atoms with E-state index < -0.39 is 0 Å². The van der Waals surface area contributed by atoms with E-state index in [4.69, 9.17) is 23.2 Å². The van der Waals surface area contributed by atoms with Gasteiger partial charge in [0.1, 0.15) is 11.6 Å². The van der Waals surface area contributed by atoms with Crippen molar-refractivity contribution in [1.82, 2.24) is 14.8 Å². The molecule has 26 heavy (non-hydrogen) atoms. The summed E-state index contributed by atoms with van der Waals surface area (Å²) in [5.41, 5.74) is 1.24. The molecule has 1 aromatic heterocycles. The van der Waals surface area contributed by atoms with Crippen LogP contribution in [0.4, 0.5) is 10.1 Å². The first-order chi connectivity index (χ1) is 12.4. The van der Waals surface area contributed by atoms with Crippen molar-refractivity contribution in [2.75, 3.05) is 11.1 Å². The van der Waals surface area contributed by atoms with Crippen molar-refractivity contribution in [3.63, 3.8) is 0 Å². The molecule has 1 heterocycles. The third kappa shape index (κ3) is 4.55. The molecule has 9 heteroatoms. The van der Waals surface area contributed by atoms with E-state index in [0.29, 0.717) is 26.7 Å². The Balaban J connectivity index is 1.70. The Kier molecular flexibility index (Phi) is 5.80. The number of aryl methyl sites for hydroxylation is 1. The molecule has 0 aliphatic heterocycles. The molecule has 0 fully saturated rings. The number of rotatable bonds is 5. The number of aromatic nitrogens is 3. The Bertz CT molecular complexity index is 926. The summed E-state index contributed by atoms with van der Waals surface area (Å²) in [5.74, 6) is 0.192. The molecule has 0 unspecified atom stereocenters. The minimum absolute atomic E-state index is 0.115. The molecule has 0 radical (unpaired) electrons. The highest BCUT2D eigenvalue weighted by atomic mass is 35.5. The van der Waals surface area contributed by atoms with Crippen molar-refractivity contribution in [3.8, 4) is 5.69 Å². The molecule has 0 atom stereocenters. The van der Waals surface area contributed by atoms with E-state index in [-0.39, 0.29) is 17.5 Å². The number of benzene rings is 2. The molecule has 0 spiro atoms. The Hall–Kier alpha value is -2.09. The smallest absolute Gasteiger partial charge is 0.234 e. The van der Waals surface area contributed by atoms with Gasteiger partial charge in [-0.05, 0) is 49.4 Å². The van der Waals surface area contributed by atoms with Gasteiger partial charge in [-0.2, -0.15) is 0 Å². The molecule has 0 saturated carbocycles. The zero-order valence-corrected chi connectivity index (χ0v) is 15.9. The number of amides is 1. The van der Waals surface area contributed by atoms with Crippen LogP contribution in [0, 0.1) is 12.7 Å². The first-order valence-electron chi connectivity index (χ1n) is 7.49. The Morgan fingerprint density at radius 3 is 2.46 bits per heavy atom. The van der Waals surface area contributed by atoms with Gasteiger partial charge in [0.2, 0.25) is 5.91 Å². The molecular weight excluding hydrogens is 398 g/mol. The van der Waals surface area contributed by atoms with E-state index in [0.717, 1.165) is 5.69 Å². The summed E-state index contributed by atoms with van der Waals surface area (Å²) in [6.07, 6.45) is 0. The zero-order chi connectivity index (χ0) is 18.7. The van der Waals surface area contributed by atoms with E-state index in [2.05, 4.69) is 15.5 Å². The average Bonchev–Trinajstić information content (AvgIpc) is 2.93. The van der Waals surface area contributed by atoms with Gasteiger partial charge in [-0.1, -0.05) is 35.0 Å². The van der Waals surface area contributed by atoms with Crippen LogP contribution in [0.15, 0.2) is 47.6 Å². The number of anilines is 1. The van der Waals surface area contributed by atoms with Crippen LogP contribution in [-0.4, -0.2) is 26.4 Å². The second-order valence-electron chi connectivity index (χ2n) is 5.34. The fraction of sp³-hybridized carbons (Fsp3) is 0.118. The van der Waals surface area contributed by atoms with Crippen molar-refractivity contribution >= 4 is 46.6 Å². The van der Waals surface area contributed by atoms with Crippen molar-refractivity contribution in [3.05, 3.63) is 64.2 Å². The van der Waals surface area contributed by atoms with Crippen LogP contribution >= 0.6 is 35.0 Å². The fourth-order valence-corrected chi connectivity index (χ4v) is 3.60. The van der Waals surface area contributed by atoms with E-state index in [9.17, 15) is 9.18 Å². The van der Waals surface area contributed by atoms with Gasteiger partial charge < -0.3 is 5.32 Å². The largest absolute Gasteiger partial charge is 0.325 e. The highest BCUT2D eigenvalue weighted by Gasteiger charge is 2.14. The third-order valence-corrected chi connectivity index (χ3v) is 4.72. The van der Waals surface area contributed by atoms with Gasteiger partial charge >= 0.3 is 0 Å². The average molecular weight is 411 g/mol. The van der Waals surface area contributed by atoms with Crippen molar-refractivity contribution in [1.29, 1.82) is 0 Å². The molecule has 0 aliphatic carbocycles. The van der Waals surface area contributed by atoms with Crippen LogP contribution in [0.25, 0.3) is 5.69 Å². The molecule has 0 bridgehead atoms. The molecule has 3 rings (SSSR count). The van der Waals surface area contributed by atoms with Gasteiger partial charge in [-0.3, -0.25) is 9.36 Å². The summed E-state index contributed by atoms with van der Waals surface area (Å²) in [6.45, 7) is 1.79. The van der Waals surface area contributed by atoms with Crippen molar-refractivity contribution in [2.24, 2.45) is 0 Å². The molecule has 5 nitrogen and oxygen atoms in total. The molecule has 134 valence electrons. The van der Waals surface area contributed by atoms with Crippen LogP contribution < -0.4 is 5.32 Å². The number of nitrogens with zero attached hydrogens (tertiary/aromatic N) is 3. The maximum absolute atomic E-state index is 13.1. The topological polar surface area (TPSA) is 59.8 Å². The number of halogens is 3. The number of carbonyl (C=O) groups excluding carboxylic acids is 1.